The first-order chi connectivity index (χ1) is 9.97. The summed E-state index contributed by atoms with van der Waals surface area (Å²) in [4.78, 5) is 12.3. The minimum Gasteiger partial charge on any atom is -0.493 e. The van der Waals surface area contributed by atoms with Crippen molar-refractivity contribution in [2.45, 2.75) is 34.1 Å². The highest BCUT2D eigenvalue weighted by molar-refractivity contribution is 5.97. The van der Waals surface area contributed by atoms with E-state index in [1.54, 1.807) is 0 Å². The van der Waals surface area contributed by atoms with Gasteiger partial charge < -0.3 is 4.74 Å². The molecule has 110 valence electrons. The lowest BCUT2D eigenvalue weighted by Crippen LogP contribution is -2.09. The number of hydrogen-bond acceptors (Lipinski definition) is 2. The SMILES string of the molecule is Cc1cccc(OCCC(=O)c2cc(C)c(C)cc2C)c1. The highest BCUT2D eigenvalue weighted by Crippen LogP contribution is 2.18. The standard InChI is InChI=1S/C19H22O2/c1-13-6-5-7-17(10-13)21-9-8-19(20)18-12-15(3)14(2)11-16(18)4/h5-7,10-12H,8-9H2,1-4H3. The summed E-state index contributed by atoms with van der Waals surface area (Å²) in [6, 6.07) is 11.9. The van der Waals surface area contributed by atoms with E-state index < -0.39 is 0 Å². The van der Waals surface area contributed by atoms with Gasteiger partial charge >= 0.3 is 0 Å². The van der Waals surface area contributed by atoms with Crippen LogP contribution in [0.2, 0.25) is 0 Å². The lowest BCUT2D eigenvalue weighted by Gasteiger charge is -2.10. The minimum absolute atomic E-state index is 0.142. The van der Waals surface area contributed by atoms with Crippen molar-refractivity contribution in [3.63, 3.8) is 0 Å². The molecule has 2 nitrogen and oxygen atoms in total. The fraction of sp³-hybridized carbons (Fsp3) is 0.316. The van der Waals surface area contributed by atoms with E-state index in [-0.39, 0.29) is 5.78 Å². The Morgan fingerprint density at radius 3 is 2.38 bits per heavy atom. The molecule has 0 N–H and O–H groups in total. The van der Waals surface area contributed by atoms with Gasteiger partial charge in [-0.1, -0.05) is 18.2 Å². The first-order valence-electron chi connectivity index (χ1n) is 7.28. The largest absolute Gasteiger partial charge is 0.493 e. The summed E-state index contributed by atoms with van der Waals surface area (Å²) in [5.41, 5.74) is 5.39. The Morgan fingerprint density at radius 2 is 1.67 bits per heavy atom. The van der Waals surface area contributed by atoms with E-state index in [9.17, 15) is 4.79 Å². The summed E-state index contributed by atoms with van der Waals surface area (Å²) in [7, 11) is 0. The van der Waals surface area contributed by atoms with Crippen LogP contribution in [-0.4, -0.2) is 12.4 Å². The number of hydrogen-bond donors (Lipinski definition) is 0. The van der Waals surface area contributed by atoms with E-state index in [1.807, 2.05) is 51.1 Å². The number of aryl methyl sites for hydroxylation is 4. The first-order valence-corrected chi connectivity index (χ1v) is 7.28. The smallest absolute Gasteiger partial charge is 0.166 e. The normalized spacial score (nSPS) is 10.5. The Bertz CT molecular complexity index is 657. The lowest BCUT2D eigenvalue weighted by molar-refractivity contribution is 0.0961. The third-order valence-corrected chi connectivity index (χ3v) is 3.73. The van der Waals surface area contributed by atoms with E-state index in [2.05, 4.69) is 13.0 Å². The summed E-state index contributed by atoms with van der Waals surface area (Å²) in [5.74, 6) is 0.961. The molecule has 0 amide bonds. The molecular formula is C19H22O2. The molecule has 0 atom stereocenters. The van der Waals surface area contributed by atoms with Gasteiger partial charge in [-0.3, -0.25) is 4.79 Å². The van der Waals surface area contributed by atoms with Crippen LogP contribution in [0.4, 0.5) is 0 Å². The third kappa shape index (κ3) is 3.94. The van der Waals surface area contributed by atoms with Crippen LogP contribution in [0.15, 0.2) is 36.4 Å². The maximum Gasteiger partial charge on any atom is 0.166 e. The van der Waals surface area contributed by atoms with Crippen LogP contribution < -0.4 is 4.74 Å². The average Bonchev–Trinajstić information content (AvgIpc) is 2.43. The lowest BCUT2D eigenvalue weighted by atomic mass is 9.97. The van der Waals surface area contributed by atoms with Crippen LogP contribution in [0.5, 0.6) is 5.75 Å². The summed E-state index contributed by atoms with van der Waals surface area (Å²) in [6.07, 6.45) is 0.400. The predicted molar refractivity (Wildman–Crippen MR) is 86.3 cm³/mol. The number of ether oxygens (including phenoxy) is 1. The summed E-state index contributed by atoms with van der Waals surface area (Å²) < 4.78 is 5.65. The maximum absolute atomic E-state index is 12.3. The Kier molecular flexibility index (Phi) is 4.79. The second-order valence-corrected chi connectivity index (χ2v) is 5.59. The Hall–Kier alpha value is -2.09. The molecule has 2 heteroatoms. The van der Waals surface area contributed by atoms with Gasteiger partial charge in [0.25, 0.3) is 0 Å². The van der Waals surface area contributed by atoms with E-state index in [0.717, 1.165) is 28.0 Å². The van der Waals surface area contributed by atoms with Crippen molar-refractivity contribution >= 4 is 5.78 Å². The van der Waals surface area contributed by atoms with E-state index >= 15 is 0 Å². The fourth-order valence-corrected chi connectivity index (χ4v) is 2.36. The molecule has 0 saturated heterocycles. The predicted octanol–water partition coefficient (Wildman–Crippen LogP) is 4.57. The van der Waals surface area contributed by atoms with Crippen LogP contribution >= 0.6 is 0 Å². The van der Waals surface area contributed by atoms with Gasteiger partial charge in [0.2, 0.25) is 0 Å². The van der Waals surface area contributed by atoms with Crippen molar-refractivity contribution in [2.24, 2.45) is 0 Å². The monoisotopic (exact) mass is 282 g/mol. The van der Waals surface area contributed by atoms with Gasteiger partial charge in [0.05, 0.1) is 6.61 Å². The van der Waals surface area contributed by atoms with Crippen molar-refractivity contribution in [1.82, 2.24) is 0 Å². The molecule has 0 aromatic heterocycles. The number of carbonyl (C=O) groups is 1. The zero-order valence-electron chi connectivity index (χ0n) is 13.2. The molecule has 0 spiro atoms. The number of carbonyl (C=O) groups excluding carboxylic acids is 1. The zero-order valence-corrected chi connectivity index (χ0v) is 13.2. The van der Waals surface area contributed by atoms with E-state index in [0.29, 0.717) is 13.0 Å². The van der Waals surface area contributed by atoms with Crippen molar-refractivity contribution < 1.29 is 9.53 Å². The van der Waals surface area contributed by atoms with Crippen LogP contribution in [0.3, 0.4) is 0 Å². The molecule has 0 fully saturated rings. The van der Waals surface area contributed by atoms with Gasteiger partial charge in [0.15, 0.2) is 5.78 Å². The third-order valence-electron chi connectivity index (χ3n) is 3.73. The first kappa shape index (κ1) is 15.3. The second kappa shape index (κ2) is 6.57. The average molecular weight is 282 g/mol. The molecule has 21 heavy (non-hydrogen) atoms. The Balaban J connectivity index is 1.98. The molecule has 2 aromatic carbocycles. The number of benzene rings is 2. The van der Waals surface area contributed by atoms with E-state index in [4.69, 9.17) is 4.74 Å². The molecule has 0 bridgehead atoms. The molecule has 0 aliphatic rings. The molecule has 0 aliphatic heterocycles. The van der Waals surface area contributed by atoms with Crippen LogP contribution in [-0.2, 0) is 0 Å². The molecule has 0 heterocycles. The van der Waals surface area contributed by atoms with Gasteiger partial charge in [-0.2, -0.15) is 0 Å². The Labute approximate surface area is 126 Å². The summed E-state index contributed by atoms with van der Waals surface area (Å²) in [5, 5.41) is 0. The Morgan fingerprint density at radius 1 is 0.952 bits per heavy atom. The zero-order chi connectivity index (χ0) is 15.4. The molecule has 0 unspecified atom stereocenters. The quantitative estimate of drug-likeness (QED) is 0.751. The van der Waals surface area contributed by atoms with Crippen LogP contribution in [0, 0.1) is 27.7 Å². The highest BCUT2D eigenvalue weighted by atomic mass is 16.5. The maximum atomic E-state index is 12.3. The van der Waals surface area contributed by atoms with Crippen molar-refractivity contribution in [1.29, 1.82) is 0 Å². The van der Waals surface area contributed by atoms with Gasteiger partial charge in [-0.05, 0) is 68.1 Å². The highest BCUT2D eigenvalue weighted by Gasteiger charge is 2.11. The van der Waals surface area contributed by atoms with Crippen LogP contribution in [0.1, 0.15) is 39.0 Å². The minimum atomic E-state index is 0.142. The summed E-state index contributed by atoms with van der Waals surface area (Å²) >= 11 is 0. The molecule has 0 radical (unpaired) electrons. The van der Waals surface area contributed by atoms with Crippen molar-refractivity contribution in [3.8, 4) is 5.75 Å². The molecule has 0 aliphatic carbocycles. The summed E-state index contributed by atoms with van der Waals surface area (Å²) in [6.45, 7) is 8.53. The van der Waals surface area contributed by atoms with Gasteiger partial charge in [-0.15, -0.1) is 0 Å². The molecule has 2 rings (SSSR count). The number of ketones is 1. The van der Waals surface area contributed by atoms with Crippen molar-refractivity contribution in [3.05, 3.63) is 64.2 Å². The number of rotatable bonds is 5. The molecular weight excluding hydrogens is 260 g/mol. The van der Waals surface area contributed by atoms with Crippen LogP contribution in [0.25, 0.3) is 0 Å². The van der Waals surface area contributed by atoms with Gasteiger partial charge in [0, 0.05) is 12.0 Å². The van der Waals surface area contributed by atoms with Gasteiger partial charge in [-0.25, -0.2) is 0 Å². The number of Topliss-reactive ketones (excluding diaryl/α,β-unsaturated/α-hetero) is 1. The topological polar surface area (TPSA) is 26.3 Å². The fourth-order valence-electron chi connectivity index (χ4n) is 2.36. The molecule has 2 aromatic rings. The van der Waals surface area contributed by atoms with Crippen molar-refractivity contribution in [2.75, 3.05) is 6.61 Å². The molecule has 0 saturated carbocycles. The van der Waals surface area contributed by atoms with E-state index in [1.165, 1.54) is 5.56 Å². The van der Waals surface area contributed by atoms with Gasteiger partial charge in [0.1, 0.15) is 5.75 Å². The second-order valence-electron chi connectivity index (χ2n) is 5.59.